The Kier molecular flexibility index (Phi) is 4.18. The van der Waals surface area contributed by atoms with Crippen LogP contribution in [0.5, 0.6) is 0 Å². The second-order valence-electron chi connectivity index (χ2n) is 6.43. The van der Waals surface area contributed by atoms with E-state index in [0.29, 0.717) is 0 Å². The van der Waals surface area contributed by atoms with Crippen molar-refractivity contribution in [2.45, 2.75) is 11.8 Å². The lowest BCUT2D eigenvalue weighted by molar-refractivity contribution is 0.793. The molecule has 122 valence electrons. The molecule has 0 amide bonds. The van der Waals surface area contributed by atoms with Crippen molar-refractivity contribution in [3.05, 3.63) is 96.1 Å². The molecule has 0 aliphatic carbocycles. The molecule has 0 heteroatoms. The Hall–Kier alpha value is -3.48. The van der Waals surface area contributed by atoms with Gasteiger partial charge in [-0.2, -0.15) is 0 Å². The van der Waals surface area contributed by atoms with Crippen molar-refractivity contribution in [3.63, 3.8) is 0 Å². The van der Waals surface area contributed by atoms with Gasteiger partial charge in [0.05, 0.1) is 11.8 Å². The first-order valence-electron chi connectivity index (χ1n) is 8.71. The largest absolute Gasteiger partial charge is 0.119 e. The zero-order valence-electron chi connectivity index (χ0n) is 14.4. The number of hydrogen-bond acceptors (Lipinski definition) is 0. The minimum Gasteiger partial charge on any atom is -0.119 e. The van der Waals surface area contributed by atoms with Crippen LogP contribution in [0.4, 0.5) is 0 Å². The number of fused-ring (bicyclic) bond motifs is 2. The molecule has 0 spiro atoms. The van der Waals surface area contributed by atoms with Crippen LogP contribution in [0, 0.1) is 24.7 Å². The van der Waals surface area contributed by atoms with Crippen molar-refractivity contribution in [2.24, 2.45) is 0 Å². The smallest absolute Gasteiger partial charge is 0.0634 e. The SMILES string of the molecule is C#C[C@H](c1cccc2ccccc12)[C@H](C#C)c1cccc2ccccc12. The molecule has 0 heterocycles. The van der Waals surface area contributed by atoms with Crippen molar-refractivity contribution < 1.29 is 0 Å². The van der Waals surface area contributed by atoms with Gasteiger partial charge in [0.1, 0.15) is 0 Å². The Morgan fingerprint density at radius 3 is 1.31 bits per heavy atom. The van der Waals surface area contributed by atoms with Gasteiger partial charge >= 0.3 is 0 Å². The molecule has 0 aromatic heterocycles. The van der Waals surface area contributed by atoms with Gasteiger partial charge in [-0.1, -0.05) is 96.8 Å². The van der Waals surface area contributed by atoms with E-state index in [-0.39, 0.29) is 11.8 Å². The molecule has 0 radical (unpaired) electrons. The fraction of sp³-hybridized carbons (Fsp3) is 0.0769. The van der Waals surface area contributed by atoms with Gasteiger partial charge in [0.25, 0.3) is 0 Å². The summed E-state index contributed by atoms with van der Waals surface area (Å²) >= 11 is 0. The highest BCUT2D eigenvalue weighted by Gasteiger charge is 2.24. The summed E-state index contributed by atoms with van der Waals surface area (Å²) in [6.07, 6.45) is 12.0. The van der Waals surface area contributed by atoms with E-state index in [1.807, 2.05) is 24.3 Å². The second kappa shape index (κ2) is 6.79. The third-order valence-electron chi connectivity index (χ3n) is 5.01. The third kappa shape index (κ3) is 2.63. The minimum atomic E-state index is -0.183. The molecule has 0 unspecified atom stereocenters. The van der Waals surface area contributed by atoms with Crippen LogP contribution in [0.25, 0.3) is 21.5 Å². The topological polar surface area (TPSA) is 0 Å². The maximum absolute atomic E-state index is 6.01. The van der Waals surface area contributed by atoms with Crippen LogP contribution in [0.2, 0.25) is 0 Å². The summed E-state index contributed by atoms with van der Waals surface area (Å²) in [6, 6.07) is 29.1. The molecule has 4 rings (SSSR count). The predicted molar refractivity (Wildman–Crippen MR) is 111 cm³/mol. The summed E-state index contributed by atoms with van der Waals surface area (Å²) in [7, 11) is 0. The Morgan fingerprint density at radius 1 is 0.500 bits per heavy atom. The normalized spacial score (nSPS) is 13.0. The second-order valence-corrected chi connectivity index (χ2v) is 6.43. The van der Waals surface area contributed by atoms with E-state index in [0.717, 1.165) is 11.1 Å². The van der Waals surface area contributed by atoms with Crippen LogP contribution in [-0.2, 0) is 0 Å². The molecule has 0 N–H and O–H groups in total. The quantitative estimate of drug-likeness (QED) is 0.397. The number of benzene rings is 4. The Morgan fingerprint density at radius 2 is 0.885 bits per heavy atom. The van der Waals surface area contributed by atoms with Gasteiger partial charge in [0.15, 0.2) is 0 Å². The molecular formula is C26H18. The molecule has 0 saturated heterocycles. The Labute approximate surface area is 154 Å². The van der Waals surface area contributed by atoms with E-state index < -0.39 is 0 Å². The number of terminal acetylenes is 2. The van der Waals surface area contributed by atoms with Gasteiger partial charge < -0.3 is 0 Å². The molecule has 0 aliphatic heterocycles. The van der Waals surface area contributed by atoms with Gasteiger partial charge in [0, 0.05) is 0 Å². The van der Waals surface area contributed by atoms with Crippen LogP contribution in [0.3, 0.4) is 0 Å². The average Bonchev–Trinajstić information content (AvgIpc) is 2.71. The first kappa shape index (κ1) is 16.0. The van der Waals surface area contributed by atoms with Crippen LogP contribution < -0.4 is 0 Å². The van der Waals surface area contributed by atoms with Crippen molar-refractivity contribution in [1.29, 1.82) is 0 Å². The van der Waals surface area contributed by atoms with Gasteiger partial charge in [-0.3, -0.25) is 0 Å². The number of hydrogen-bond donors (Lipinski definition) is 0. The lowest BCUT2D eigenvalue weighted by Crippen LogP contribution is -2.09. The number of rotatable bonds is 3. The molecular weight excluding hydrogens is 312 g/mol. The van der Waals surface area contributed by atoms with Gasteiger partial charge in [0.2, 0.25) is 0 Å². The summed E-state index contributed by atoms with van der Waals surface area (Å²) in [5.74, 6) is 5.60. The first-order chi connectivity index (χ1) is 12.8. The summed E-state index contributed by atoms with van der Waals surface area (Å²) in [4.78, 5) is 0. The predicted octanol–water partition coefficient (Wildman–Crippen LogP) is 6.13. The standard InChI is InChI=1S/C26H18/c1-3-21(25-17-9-13-19-11-5-7-15-23(19)25)22(4-2)26-18-10-14-20-12-6-8-16-24(20)26/h1-2,5-18,21-22H/t21-,22-/m0/s1. The monoisotopic (exact) mass is 330 g/mol. The fourth-order valence-electron chi connectivity index (χ4n) is 3.77. The average molecular weight is 330 g/mol. The van der Waals surface area contributed by atoms with Crippen LogP contribution in [0.1, 0.15) is 23.0 Å². The summed E-state index contributed by atoms with van der Waals surface area (Å²) < 4.78 is 0. The maximum Gasteiger partial charge on any atom is 0.0634 e. The van der Waals surface area contributed by atoms with Gasteiger partial charge in [-0.05, 0) is 32.7 Å². The molecule has 0 saturated carbocycles. The van der Waals surface area contributed by atoms with Gasteiger partial charge in [-0.15, -0.1) is 12.8 Å². The highest BCUT2D eigenvalue weighted by atomic mass is 14.2. The first-order valence-corrected chi connectivity index (χ1v) is 8.71. The van der Waals surface area contributed by atoms with E-state index in [1.54, 1.807) is 0 Å². The van der Waals surface area contributed by atoms with Crippen LogP contribution in [-0.4, -0.2) is 0 Å². The zero-order chi connectivity index (χ0) is 17.9. The fourth-order valence-corrected chi connectivity index (χ4v) is 3.77. The lowest BCUT2D eigenvalue weighted by Gasteiger charge is -2.22. The summed E-state index contributed by atoms with van der Waals surface area (Å²) in [5.41, 5.74) is 2.22. The van der Waals surface area contributed by atoms with E-state index in [2.05, 4.69) is 72.5 Å². The van der Waals surface area contributed by atoms with E-state index in [1.165, 1.54) is 21.5 Å². The van der Waals surface area contributed by atoms with Crippen molar-refractivity contribution >= 4 is 21.5 Å². The molecule has 26 heavy (non-hydrogen) atoms. The van der Waals surface area contributed by atoms with Crippen LogP contribution >= 0.6 is 0 Å². The molecule has 2 atom stereocenters. The van der Waals surface area contributed by atoms with E-state index in [9.17, 15) is 0 Å². The molecule has 4 aromatic rings. The van der Waals surface area contributed by atoms with Crippen molar-refractivity contribution in [2.75, 3.05) is 0 Å². The molecule has 4 aromatic carbocycles. The van der Waals surface area contributed by atoms with E-state index >= 15 is 0 Å². The van der Waals surface area contributed by atoms with Crippen molar-refractivity contribution in [3.8, 4) is 24.7 Å². The van der Waals surface area contributed by atoms with Crippen molar-refractivity contribution in [1.82, 2.24) is 0 Å². The summed E-state index contributed by atoms with van der Waals surface area (Å²) in [6.45, 7) is 0. The zero-order valence-corrected chi connectivity index (χ0v) is 14.4. The lowest BCUT2D eigenvalue weighted by atomic mass is 9.79. The highest BCUT2D eigenvalue weighted by molar-refractivity contribution is 5.89. The minimum absolute atomic E-state index is 0.183. The molecule has 0 bridgehead atoms. The highest BCUT2D eigenvalue weighted by Crippen LogP contribution is 2.38. The molecule has 0 fully saturated rings. The van der Waals surface area contributed by atoms with Gasteiger partial charge in [-0.25, -0.2) is 0 Å². The molecule has 0 nitrogen and oxygen atoms in total. The maximum atomic E-state index is 6.01. The summed E-state index contributed by atoms with van der Waals surface area (Å²) in [5, 5.41) is 4.69. The Bertz CT molecular complexity index is 1060. The van der Waals surface area contributed by atoms with E-state index in [4.69, 9.17) is 12.8 Å². The van der Waals surface area contributed by atoms with Crippen LogP contribution in [0.15, 0.2) is 84.9 Å². The Balaban J connectivity index is 1.92. The molecule has 0 aliphatic rings. The third-order valence-corrected chi connectivity index (χ3v) is 5.01.